The summed E-state index contributed by atoms with van der Waals surface area (Å²) < 4.78 is 6.66. The van der Waals surface area contributed by atoms with Crippen LogP contribution in [0.25, 0.3) is 16.7 Å². The van der Waals surface area contributed by atoms with Gasteiger partial charge in [-0.3, -0.25) is 4.57 Å². The van der Waals surface area contributed by atoms with Crippen LogP contribution in [0.2, 0.25) is 0 Å². The molecule has 1 N–H and O–H groups in total. The number of hydrogen-bond acceptors (Lipinski definition) is 3. The number of aromatic nitrogens is 2. The van der Waals surface area contributed by atoms with Crippen molar-refractivity contribution in [2.24, 2.45) is 0 Å². The standard InChI is InChI=1S/C15H17N3O3/c1-2-21-15(20)17-9-7-11(8-10-17)18-13-6-4-3-5-12(13)16-14(18)19/h3-7H,2,8-10H2,1H3,(H,16,19). The summed E-state index contributed by atoms with van der Waals surface area (Å²) in [6.45, 7) is 3.17. The summed E-state index contributed by atoms with van der Waals surface area (Å²) in [7, 11) is 0. The minimum Gasteiger partial charge on any atom is -0.450 e. The first-order valence-corrected chi connectivity index (χ1v) is 7.01. The zero-order valence-corrected chi connectivity index (χ0v) is 11.8. The lowest BCUT2D eigenvalue weighted by Gasteiger charge is -2.25. The normalized spacial score (nSPS) is 15.1. The van der Waals surface area contributed by atoms with Crippen molar-refractivity contribution < 1.29 is 9.53 Å². The first kappa shape index (κ1) is 13.5. The Morgan fingerprint density at radius 1 is 1.38 bits per heavy atom. The average Bonchev–Trinajstić information content (AvgIpc) is 2.83. The van der Waals surface area contributed by atoms with Crippen molar-refractivity contribution in [3.8, 4) is 0 Å². The van der Waals surface area contributed by atoms with E-state index in [2.05, 4.69) is 4.98 Å². The van der Waals surface area contributed by atoms with Crippen LogP contribution in [0.1, 0.15) is 13.3 Å². The molecule has 6 heteroatoms. The first-order valence-electron chi connectivity index (χ1n) is 7.01. The number of benzene rings is 1. The SMILES string of the molecule is CCOC(=O)N1CC=C(n2c(=O)[nH]c3ccccc32)CC1. The Bertz CT molecular complexity index is 757. The maximum atomic E-state index is 12.1. The fraction of sp³-hybridized carbons (Fsp3) is 0.333. The molecular weight excluding hydrogens is 270 g/mol. The van der Waals surface area contributed by atoms with E-state index in [-0.39, 0.29) is 11.8 Å². The Morgan fingerprint density at radius 2 is 2.19 bits per heavy atom. The summed E-state index contributed by atoms with van der Waals surface area (Å²) in [5, 5.41) is 0. The maximum Gasteiger partial charge on any atom is 0.410 e. The number of carbonyl (C=O) groups is 1. The molecule has 0 atom stereocenters. The average molecular weight is 287 g/mol. The van der Waals surface area contributed by atoms with E-state index in [0.29, 0.717) is 26.1 Å². The van der Waals surface area contributed by atoms with Crippen LogP contribution in [0.3, 0.4) is 0 Å². The summed E-state index contributed by atoms with van der Waals surface area (Å²) in [4.78, 5) is 28.3. The van der Waals surface area contributed by atoms with Gasteiger partial charge in [-0.15, -0.1) is 0 Å². The Kier molecular flexibility index (Phi) is 3.51. The van der Waals surface area contributed by atoms with Crippen LogP contribution in [-0.2, 0) is 4.74 Å². The van der Waals surface area contributed by atoms with Gasteiger partial charge in [0.2, 0.25) is 0 Å². The van der Waals surface area contributed by atoms with E-state index in [9.17, 15) is 9.59 Å². The molecule has 0 aliphatic carbocycles. The van der Waals surface area contributed by atoms with Gasteiger partial charge in [0.25, 0.3) is 0 Å². The molecule has 110 valence electrons. The molecule has 1 aliphatic rings. The van der Waals surface area contributed by atoms with Gasteiger partial charge in [-0.25, -0.2) is 9.59 Å². The van der Waals surface area contributed by atoms with Crippen LogP contribution in [0.4, 0.5) is 4.79 Å². The van der Waals surface area contributed by atoms with Crippen molar-refractivity contribution in [2.75, 3.05) is 19.7 Å². The molecule has 0 saturated heterocycles. The van der Waals surface area contributed by atoms with Gasteiger partial charge in [0.15, 0.2) is 0 Å². The second kappa shape index (κ2) is 5.47. The number of para-hydroxylation sites is 2. The summed E-state index contributed by atoms with van der Waals surface area (Å²) in [6.07, 6.45) is 2.22. The minimum atomic E-state index is -0.306. The number of amides is 1. The van der Waals surface area contributed by atoms with Crippen LogP contribution >= 0.6 is 0 Å². The number of ether oxygens (including phenoxy) is 1. The number of nitrogens with zero attached hydrogens (tertiary/aromatic N) is 2. The van der Waals surface area contributed by atoms with E-state index in [1.807, 2.05) is 30.3 Å². The molecular formula is C15H17N3O3. The van der Waals surface area contributed by atoms with Gasteiger partial charge in [0, 0.05) is 25.2 Å². The molecule has 0 saturated carbocycles. The highest BCUT2D eigenvalue weighted by Crippen LogP contribution is 2.20. The third-order valence-corrected chi connectivity index (χ3v) is 3.59. The molecule has 0 fully saturated rings. The molecule has 0 bridgehead atoms. The fourth-order valence-electron chi connectivity index (χ4n) is 2.58. The number of H-pyrrole nitrogens is 1. The molecule has 0 unspecified atom stereocenters. The number of aromatic amines is 1. The van der Waals surface area contributed by atoms with Crippen molar-refractivity contribution in [3.63, 3.8) is 0 Å². The molecule has 1 aromatic heterocycles. The van der Waals surface area contributed by atoms with Gasteiger partial charge in [-0.2, -0.15) is 0 Å². The van der Waals surface area contributed by atoms with Gasteiger partial charge in [-0.1, -0.05) is 12.1 Å². The maximum absolute atomic E-state index is 12.1. The molecule has 2 aromatic rings. The van der Waals surface area contributed by atoms with Gasteiger partial charge in [0.05, 0.1) is 17.6 Å². The lowest BCUT2D eigenvalue weighted by molar-refractivity contribution is 0.111. The summed E-state index contributed by atoms with van der Waals surface area (Å²) >= 11 is 0. The number of hydrogen-bond donors (Lipinski definition) is 1. The molecule has 1 aliphatic heterocycles. The highest BCUT2D eigenvalue weighted by molar-refractivity contribution is 5.79. The van der Waals surface area contributed by atoms with Crippen molar-refractivity contribution >= 4 is 22.8 Å². The van der Waals surface area contributed by atoms with Crippen LogP contribution < -0.4 is 5.69 Å². The lowest BCUT2D eigenvalue weighted by Crippen LogP contribution is -2.36. The van der Waals surface area contributed by atoms with Crippen LogP contribution in [0.5, 0.6) is 0 Å². The Hall–Kier alpha value is -2.50. The Morgan fingerprint density at radius 3 is 2.90 bits per heavy atom. The van der Waals surface area contributed by atoms with Gasteiger partial charge in [-0.05, 0) is 25.1 Å². The highest BCUT2D eigenvalue weighted by Gasteiger charge is 2.20. The lowest BCUT2D eigenvalue weighted by atomic mass is 10.2. The van der Waals surface area contributed by atoms with E-state index < -0.39 is 0 Å². The quantitative estimate of drug-likeness (QED) is 0.919. The molecule has 2 heterocycles. The zero-order valence-electron chi connectivity index (χ0n) is 11.8. The van der Waals surface area contributed by atoms with Crippen molar-refractivity contribution in [1.82, 2.24) is 14.5 Å². The summed E-state index contributed by atoms with van der Waals surface area (Å²) in [5.41, 5.74) is 2.44. The van der Waals surface area contributed by atoms with E-state index in [1.54, 1.807) is 16.4 Å². The van der Waals surface area contributed by atoms with Crippen molar-refractivity contribution in [2.45, 2.75) is 13.3 Å². The van der Waals surface area contributed by atoms with Gasteiger partial charge >= 0.3 is 11.8 Å². The second-order valence-corrected chi connectivity index (χ2v) is 4.87. The predicted octanol–water partition coefficient (Wildman–Crippen LogP) is 2.03. The predicted molar refractivity (Wildman–Crippen MR) is 80.0 cm³/mol. The molecule has 6 nitrogen and oxygen atoms in total. The smallest absolute Gasteiger partial charge is 0.410 e. The molecule has 0 radical (unpaired) electrons. The third kappa shape index (κ3) is 2.44. The van der Waals surface area contributed by atoms with Gasteiger partial charge < -0.3 is 14.6 Å². The molecule has 21 heavy (non-hydrogen) atoms. The van der Waals surface area contributed by atoms with Crippen LogP contribution in [0.15, 0.2) is 35.1 Å². The minimum absolute atomic E-state index is 0.146. The monoisotopic (exact) mass is 287 g/mol. The number of fused-ring (bicyclic) bond motifs is 1. The van der Waals surface area contributed by atoms with E-state index >= 15 is 0 Å². The largest absolute Gasteiger partial charge is 0.450 e. The number of carbonyl (C=O) groups excluding carboxylic acids is 1. The first-order chi connectivity index (χ1) is 10.2. The van der Waals surface area contributed by atoms with Crippen molar-refractivity contribution in [3.05, 3.63) is 40.8 Å². The topological polar surface area (TPSA) is 67.3 Å². The number of rotatable bonds is 2. The summed E-state index contributed by atoms with van der Waals surface area (Å²) in [6, 6.07) is 7.58. The van der Waals surface area contributed by atoms with Crippen LogP contribution in [-0.4, -0.2) is 40.2 Å². The zero-order chi connectivity index (χ0) is 14.8. The molecule has 1 amide bonds. The van der Waals surface area contributed by atoms with Gasteiger partial charge in [0.1, 0.15) is 0 Å². The van der Waals surface area contributed by atoms with E-state index in [4.69, 9.17) is 4.74 Å². The fourth-order valence-corrected chi connectivity index (χ4v) is 2.58. The Labute approximate surface area is 121 Å². The second-order valence-electron chi connectivity index (χ2n) is 4.87. The molecule has 3 rings (SSSR count). The van der Waals surface area contributed by atoms with Crippen LogP contribution in [0, 0.1) is 0 Å². The number of imidazole rings is 1. The van der Waals surface area contributed by atoms with E-state index in [1.165, 1.54) is 0 Å². The van der Waals surface area contributed by atoms with E-state index in [0.717, 1.165) is 16.7 Å². The molecule has 1 aromatic carbocycles. The summed E-state index contributed by atoms with van der Waals surface area (Å²) in [5.74, 6) is 0. The number of nitrogens with one attached hydrogen (secondary N) is 1. The third-order valence-electron chi connectivity index (χ3n) is 3.59. The Balaban J connectivity index is 1.90. The van der Waals surface area contributed by atoms with Crippen molar-refractivity contribution in [1.29, 1.82) is 0 Å². The molecule has 0 spiro atoms. The highest BCUT2D eigenvalue weighted by atomic mass is 16.6.